The van der Waals surface area contributed by atoms with Gasteiger partial charge >= 0.3 is 0 Å². The molecule has 24 heavy (non-hydrogen) atoms. The lowest BCUT2D eigenvalue weighted by molar-refractivity contribution is -0.121. The van der Waals surface area contributed by atoms with Crippen molar-refractivity contribution in [2.75, 3.05) is 12.9 Å². The fourth-order valence-electron chi connectivity index (χ4n) is 1.80. The molecule has 0 aromatic heterocycles. The zero-order chi connectivity index (χ0) is 17.4. The maximum atomic E-state index is 11.8. The first-order valence-electron chi connectivity index (χ1n) is 7.20. The molecule has 0 aliphatic heterocycles. The number of hydrazine groups is 1. The van der Waals surface area contributed by atoms with Gasteiger partial charge in [-0.2, -0.15) is 0 Å². The highest BCUT2D eigenvalue weighted by Gasteiger charge is 2.07. The third-order valence-electron chi connectivity index (χ3n) is 3.08. The Morgan fingerprint density at radius 2 is 1.71 bits per heavy atom. The highest BCUT2D eigenvalue weighted by molar-refractivity contribution is 7.99. The van der Waals surface area contributed by atoms with Crippen LogP contribution in [-0.2, 0) is 4.79 Å². The van der Waals surface area contributed by atoms with E-state index in [0.29, 0.717) is 16.3 Å². The minimum atomic E-state index is -0.386. The van der Waals surface area contributed by atoms with Crippen molar-refractivity contribution in [2.24, 2.45) is 0 Å². The minimum absolute atomic E-state index is 0.252. The minimum Gasteiger partial charge on any atom is -0.497 e. The van der Waals surface area contributed by atoms with E-state index in [1.54, 1.807) is 43.1 Å². The normalized spacial score (nSPS) is 10.1. The number of hydrogen-bond acceptors (Lipinski definition) is 4. The van der Waals surface area contributed by atoms with Gasteiger partial charge in [-0.15, -0.1) is 11.8 Å². The molecule has 0 unspecified atom stereocenters. The molecule has 2 N–H and O–H groups in total. The number of thioether (sulfide) groups is 1. The number of rotatable bonds is 6. The summed E-state index contributed by atoms with van der Waals surface area (Å²) in [6.07, 6.45) is 0.289. The number of hydrogen-bond donors (Lipinski definition) is 2. The van der Waals surface area contributed by atoms with E-state index in [0.717, 1.165) is 10.6 Å². The molecule has 5 nitrogen and oxygen atoms in total. The number of halogens is 1. The van der Waals surface area contributed by atoms with Gasteiger partial charge < -0.3 is 4.74 Å². The lowest BCUT2D eigenvalue weighted by Gasteiger charge is -2.07. The number of ether oxygens (including phenoxy) is 1. The van der Waals surface area contributed by atoms with E-state index >= 15 is 0 Å². The van der Waals surface area contributed by atoms with Gasteiger partial charge in [0.05, 0.1) is 7.11 Å². The SMILES string of the molecule is COc1ccc(SCCC(=O)NNC(=O)c2ccc(Cl)cc2)cc1. The number of carbonyl (C=O) groups is 2. The zero-order valence-electron chi connectivity index (χ0n) is 13.0. The maximum absolute atomic E-state index is 11.8. The van der Waals surface area contributed by atoms with Crippen molar-refractivity contribution in [3.8, 4) is 5.75 Å². The summed E-state index contributed by atoms with van der Waals surface area (Å²) in [5, 5.41) is 0.547. The van der Waals surface area contributed by atoms with Gasteiger partial charge in [-0.25, -0.2) is 0 Å². The highest BCUT2D eigenvalue weighted by Crippen LogP contribution is 2.21. The lowest BCUT2D eigenvalue weighted by atomic mass is 10.2. The predicted octanol–water partition coefficient (Wildman–Crippen LogP) is 3.29. The van der Waals surface area contributed by atoms with Crippen molar-refractivity contribution in [1.82, 2.24) is 10.9 Å². The van der Waals surface area contributed by atoms with Crippen LogP contribution in [0.1, 0.15) is 16.8 Å². The van der Waals surface area contributed by atoms with Crippen molar-refractivity contribution in [3.05, 3.63) is 59.1 Å². The Labute approximate surface area is 149 Å². The van der Waals surface area contributed by atoms with Crippen LogP contribution in [0.25, 0.3) is 0 Å². The van der Waals surface area contributed by atoms with Crippen molar-refractivity contribution < 1.29 is 14.3 Å². The van der Waals surface area contributed by atoms with Crippen LogP contribution in [0.2, 0.25) is 5.02 Å². The summed E-state index contributed by atoms with van der Waals surface area (Å²) < 4.78 is 5.09. The third kappa shape index (κ3) is 5.79. The first kappa shape index (κ1) is 18.2. The Balaban J connectivity index is 1.69. The molecule has 0 fully saturated rings. The summed E-state index contributed by atoms with van der Waals surface area (Å²) in [7, 11) is 1.62. The first-order valence-corrected chi connectivity index (χ1v) is 8.56. The summed E-state index contributed by atoms with van der Waals surface area (Å²) in [6.45, 7) is 0. The average molecular weight is 365 g/mol. The number of benzene rings is 2. The van der Waals surface area contributed by atoms with E-state index in [4.69, 9.17) is 16.3 Å². The van der Waals surface area contributed by atoms with Gasteiger partial charge in [0.2, 0.25) is 5.91 Å². The highest BCUT2D eigenvalue weighted by atomic mass is 35.5. The van der Waals surface area contributed by atoms with Crippen LogP contribution in [0.4, 0.5) is 0 Å². The van der Waals surface area contributed by atoms with Crippen LogP contribution < -0.4 is 15.6 Å². The van der Waals surface area contributed by atoms with Crippen LogP contribution in [-0.4, -0.2) is 24.7 Å². The molecule has 0 saturated heterocycles. The van der Waals surface area contributed by atoms with Crippen LogP contribution in [0, 0.1) is 0 Å². The van der Waals surface area contributed by atoms with E-state index < -0.39 is 0 Å². The Morgan fingerprint density at radius 3 is 2.33 bits per heavy atom. The topological polar surface area (TPSA) is 67.4 Å². The largest absolute Gasteiger partial charge is 0.497 e. The molecule has 0 bridgehead atoms. The summed E-state index contributed by atoms with van der Waals surface area (Å²) in [6, 6.07) is 14.0. The van der Waals surface area contributed by atoms with Crippen LogP contribution in [0.15, 0.2) is 53.4 Å². The van der Waals surface area contributed by atoms with Crippen molar-refractivity contribution in [2.45, 2.75) is 11.3 Å². The fourth-order valence-corrected chi connectivity index (χ4v) is 2.77. The van der Waals surface area contributed by atoms with Crippen molar-refractivity contribution in [3.63, 3.8) is 0 Å². The Kier molecular flexibility index (Phi) is 6.96. The average Bonchev–Trinajstić information content (AvgIpc) is 2.61. The molecular formula is C17H17ClN2O3S. The van der Waals surface area contributed by atoms with Gasteiger partial charge in [-0.1, -0.05) is 11.6 Å². The quantitative estimate of drug-likeness (QED) is 0.609. The number of methoxy groups -OCH3 is 1. The van der Waals surface area contributed by atoms with Crippen LogP contribution >= 0.6 is 23.4 Å². The molecule has 0 aliphatic rings. The molecule has 2 aromatic carbocycles. The summed E-state index contributed by atoms with van der Waals surface area (Å²) in [4.78, 5) is 24.6. The summed E-state index contributed by atoms with van der Waals surface area (Å²) >= 11 is 7.31. The number of nitrogens with one attached hydrogen (secondary N) is 2. The van der Waals surface area contributed by atoms with E-state index in [1.165, 1.54) is 0 Å². The zero-order valence-corrected chi connectivity index (χ0v) is 14.6. The first-order chi connectivity index (χ1) is 11.6. The van der Waals surface area contributed by atoms with E-state index in [9.17, 15) is 9.59 Å². The van der Waals surface area contributed by atoms with E-state index in [-0.39, 0.29) is 18.2 Å². The van der Waals surface area contributed by atoms with Crippen molar-refractivity contribution >= 4 is 35.2 Å². The Bertz CT molecular complexity index is 690. The van der Waals surface area contributed by atoms with Gasteiger partial charge in [0, 0.05) is 27.7 Å². The fraction of sp³-hybridized carbons (Fsp3) is 0.176. The standard InChI is InChI=1S/C17H17ClN2O3S/c1-23-14-6-8-15(9-7-14)24-11-10-16(21)19-20-17(22)12-2-4-13(18)5-3-12/h2-9H,10-11H2,1H3,(H,19,21)(H,20,22). The van der Waals surface area contributed by atoms with Gasteiger partial charge in [0.25, 0.3) is 5.91 Å². The molecular weight excluding hydrogens is 348 g/mol. The monoisotopic (exact) mass is 364 g/mol. The molecule has 0 aliphatic carbocycles. The molecule has 7 heteroatoms. The lowest BCUT2D eigenvalue weighted by Crippen LogP contribution is -2.41. The van der Waals surface area contributed by atoms with Gasteiger partial charge in [-0.3, -0.25) is 20.4 Å². The smallest absolute Gasteiger partial charge is 0.269 e. The summed E-state index contributed by atoms with van der Waals surface area (Å²) in [5.74, 6) is 0.762. The number of amides is 2. The predicted molar refractivity (Wildman–Crippen MR) is 95.4 cm³/mol. The molecule has 0 saturated carbocycles. The van der Waals surface area contributed by atoms with E-state index in [2.05, 4.69) is 10.9 Å². The molecule has 0 atom stereocenters. The van der Waals surface area contributed by atoms with Gasteiger partial charge in [0.1, 0.15) is 5.75 Å². The second kappa shape index (κ2) is 9.20. The molecule has 0 radical (unpaired) electrons. The molecule has 2 amide bonds. The maximum Gasteiger partial charge on any atom is 0.269 e. The second-order valence-corrected chi connectivity index (χ2v) is 6.39. The molecule has 0 spiro atoms. The van der Waals surface area contributed by atoms with Crippen LogP contribution in [0.5, 0.6) is 5.75 Å². The summed E-state index contributed by atoms with van der Waals surface area (Å²) in [5.41, 5.74) is 5.19. The van der Waals surface area contributed by atoms with Gasteiger partial charge in [0.15, 0.2) is 0 Å². The van der Waals surface area contributed by atoms with E-state index in [1.807, 2.05) is 24.3 Å². The molecule has 2 aromatic rings. The molecule has 126 valence electrons. The number of carbonyl (C=O) groups excluding carboxylic acids is 2. The Hall–Kier alpha value is -2.18. The second-order valence-electron chi connectivity index (χ2n) is 4.78. The van der Waals surface area contributed by atoms with Crippen molar-refractivity contribution in [1.29, 1.82) is 0 Å². The van der Waals surface area contributed by atoms with Crippen LogP contribution in [0.3, 0.4) is 0 Å². The Morgan fingerprint density at radius 1 is 1.04 bits per heavy atom. The third-order valence-corrected chi connectivity index (χ3v) is 4.34. The molecule has 2 rings (SSSR count). The molecule has 0 heterocycles. The van der Waals surface area contributed by atoms with Gasteiger partial charge in [-0.05, 0) is 48.5 Å².